The Morgan fingerprint density at radius 3 is 2.52 bits per heavy atom. The van der Waals surface area contributed by atoms with Crippen molar-refractivity contribution in [2.24, 2.45) is 0 Å². The highest BCUT2D eigenvalue weighted by molar-refractivity contribution is 5.65. The van der Waals surface area contributed by atoms with Gasteiger partial charge in [-0.25, -0.2) is 4.98 Å². The summed E-state index contributed by atoms with van der Waals surface area (Å²) >= 11 is 0. The van der Waals surface area contributed by atoms with Gasteiger partial charge in [-0.15, -0.1) is 0 Å². The first-order valence-corrected chi connectivity index (χ1v) is 8.71. The molecule has 3 rings (SSSR count). The number of rotatable bonds is 7. The third-order valence-corrected chi connectivity index (χ3v) is 4.07. The van der Waals surface area contributed by atoms with Crippen molar-refractivity contribution in [3.8, 4) is 11.5 Å². The summed E-state index contributed by atoms with van der Waals surface area (Å²) in [5, 5.41) is 6.58. The van der Waals surface area contributed by atoms with Crippen LogP contribution in [0.15, 0.2) is 48.5 Å². The van der Waals surface area contributed by atoms with E-state index in [-0.39, 0.29) is 0 Å². The summed E-state index contributed by atoms with van der Waals surface area (Å²) in [5.41, 5.74) is 4.08. The first-order chi connectivity index (χ1) is 13.1. The molecule has 0 bridgehead atoms. The third-order valence-electron chi connectivity index (χ3n) is 4.07. The average Bonchev–Trinajstić information content (AvgIpc) is 2.66. The second kappa shape index (κ2) is 8.40. The summed E-state index contributed by atoms with van der Waals surface area (Å²) < 4.78 is 10.7. The van der Waals surface area contributed by atoms with Gasteiger partial charge in [-0.2, -0.15) is 4.98 Å². The van der Waals surface area contributed by atoms with E-state index in [1.54, 1.807) is 14.2 Å². The van der Waals surface area contributed by atoms with Crippen molar-refractivity contribution in [3.63, 3.8) is 0 Å². The van der Waals surface area contributed by atoms with E-state index in [1.165, 1.54) is 11.1 Å². The summed E-state index contributed by atoms with van der Waals surface area (Å²) in [5.74, 6) is 2.65. The van der Waals surface area contributed by atoms with Gasteiger partial charge in [-0.3, -0.25) is 0 Å². The Morgan fingerprint density at radius 1 is 0.926 bits per heavy atom. The molecule has 0 aliphatic carbocycles. The molecule has 27 heavy (non-hydrogen) atoms. The zero-order valence-electron chi connectivity index (χ0n) is 16.0. The van der Waals surface area contributed by atoms with Crippen molar-refractivity contribution < 1.29 is 9.47 Å². The molecule has 0 spiro atoms. The molecule has 0 unspecified atom stereocenters. The van der Waals surface area contributed by atoms with Crippen molar-refractivity contribution in [1.82, 2.24) is 9.97 Å². The van der Waals surface area contributed by atoms with Crippen LogP contribution in [0.3, 0.4) is 0 Å². The molecule has 6 nitrogen and oxygen atoms in total. The van der Waals surface area contributed by atoms with Gasteiger partial charge in [-0.1, -0.05) is 29.8 Å². The summed E-state index contributed by atoms with van der Waals surface area (Å²) in [7, 11) is 3.24. The van der Waals surface area contributed by atoms with Crippen molar-refractivity contribution >= 4 is 17.5 Å². The Kier molecular flexibility index (Phi) is 5.76. The van der Waals surface area contributed by atoms with Gasteiger partial charge in [0.2, 0.25) is 5.95 Å². The van der Waals surface area contributed by atoms with Gasteiger partial charge in [0.25, 0.3) is 0 Å². The van der Waals surface area contributed by atoms with Crippen molar-refractivity contribution in [3.05, 3.63) is 65.4 Å². The highest BCUT2D eigenvalue weighted by Crippen LogP contribution is 2.30. The highest BCUT2D eigenvalue weighted by Gasteiger charge is 2.08. The lowest BCUT2D eigenvalue weighted by molar-refractivity contribution is 0.395. The van der Waals surface area contributed by atoms with Gasteiger partial charge in [-0.05, 0) is 31.5 Å². The molecule has 6 heteroatoms. The quantitative estimate of drug-likeness (QED) is 0.645. The normalized spacial score (nSPS) is 10.4. The molecule has 3 aromatic rings. The summed E-state index contributed by atoms with van der Waals surface area (Å²) in [4.78, 5) is 9.03. The van der Waals surface area contributed by atoms with Gasteiger partial charge in [0.05, 0.1) is 19.9 Å². The SMILES string of the molecule is COc1ccc(Nc2nc(C)cc(NCc3cccc(C)c3)n2)c(OC)c1. The van der Waals surface area contributed by atoms with Crippen LogP contribution in [-0.2, 0) is 6.54 Å². The molecule has 0 aliphatic heterocycles. The van der Waals surface area contributed by atoms with Crippen LogP contribution in [0.1, 0.15) is 16.8 Å². The number of anilines is 3. The first-order valence-electron chi connectivity index (χ1n) is 8.71. The van der Waals surface area contributed by atoms with Gasteiger partial charge in [0.1, 0.15) is 17.3 Å². The van der Waals surface area contributed by atoms with Crippen molar-refractivity contribution in [2.45, 2.75) is 20.4 Å². The number of benzene rings is 2. The van der Waals surface area contributed by atoms with Gasteiger partial charge >= 0.3 is 0 Å². The molecule has 2 N–H and O–H groups in total. The van der Waals surface area contributed by atoms with Crippen LogP contribution in [0.2, 0.25) is 0 Å². The molecule has 0 aliphatic rings. The monoisotopic (exact) mass is 364 g/mol. The fourth-order valence-corrected chi connectivity index (χ4v) is 2.75. The highest BCUT2D eigenvalue weighted by atomic mass is 16.5. The zero-order chi connectivity index (χ0) is 19.2. The number of hydrogen-bond acceptors (Lipinski definition) is 6. The minimum atomic E-state index is 0.505. The molecular weight excluding hydrogens is 340 g/mol. The molecule has 0 fully saturated rings. The Hall–Kier alpha value is -3.28. The lowest BCUT2D eigenvalue weighted by Crippen LogP contribution is -2.06. The van der Waals surface area contributed by atoms with Gasteiger partial charge < -0.3 is 20.1 Å². The minimum absolute atomic E-state index is 0.505. The van der Waals surface area contributed by atoms with E-state index in [4.69, 9.17) is 9.47 Å². The largest absolute Gasteiger partial charge is 0.497 e. The van der Waals surface area contributed by atoms with Crippen LogP contribution in [0, 0.1) is 13.8 Å². The Morgan fingerprint density at radius 2 is 1.78 bits per heavy atom. The molecular formula is C21H24N4O2. The fraction of sp³-hybridized carbons (Fsp3) is 0.238. The molecule has 0 radical (unpaired) electrons. The van der Waals surface area contributed by atoms with Crippen LogP contribution in [0.25, 0.3) is 0 Å². The van der Waals surface area contributed by atoms with E-state index in [2.05, 4.69) is 51.8 Å². The molecule has 1 heterocycles. The van der Waals surface area contributed by atoms with E-state index in [0.29, 0.717) is 18.2 Å². The standard InChI is InChI=1S/C21H24N4O2/c1-14-6-5-7-16(10-14)13-22-20-11-15(2)23-21(25-20)24-18-9-8-17(26-3)12-19(18)27-4/h5-12H,13H2,1-4H3,(H2,22,23,24,25). The summed E-state index contributed by atoms with van der Waals surface area (Å²) in [6, 6.07) is 15.9. The van der Waals surface area contributed by atoms with E-state index in [1.807, 2.05) is 31.2 Å². The maximum absolute atomic E-state index is 5.42. The van der Waals surface area contributed by atoms with E-state index < -0.39 is 0 Å². The van der Waals surface area contributed by atoms with Crippen LogP contribution >= 0.6 is 0 Å². The smallest absolute Gasteiger partial charge is 0.229 e. The number of ether oxygens (including phenoxy) is 2. The van der Waals surface area contributed by atoms with Crippen LogP contribution in [0.4, 0.5) is 17.5 Å². The van der Waals surface area contributed by atoms with E-state index in [0.717, 1.165) is 22.9 Å². The van der Waals surface area contributed by atoms with Gasteiger partial charge in [0.15, 0.2) is 0 Å². The summed E-state index contributed by atoms with van der Waals surface area (Å²) in [6.07, 6.45) is 0. The van der Waals surface area contributed by atoms with E-state index in [9.17, 15) is 0 Å². The molecule has 1 aromatic heterocycles. The summed E-state index contributed by atoms with van der Waals surface area (Å²) in [6.45, 7) is 4.72. The number of aromatic nitrogens is 2. The molecule has 2 aromatic carbocycles. The third kappa shape index (κ3) is 4.88. The van der Waals surface area contributed by atoms with Gasteiger partial charge in [0, 0.05) is 24.4 Å². The Labute approximate surface area is 159 Å². The second-order valence-corrected chi connectivity index (χ2v) is 6.25. The molecule has 140 valence electrons. The topological polar surface area (TPSA) is 68.3 Å². The van der Waals surface area contributed by atoms with Crippen LogP contribution < -0.4 is 20.1 Å². The Bertz CT molecular complexity index is 928. The van der Waals surface area contributed by atoms with Crippen molar-refractivity contribution in [2.75, 3.05) is 24.9 Å². The first kappa shape index (κ1) is 18.5. The molecule has 0 saturated heterocycles. The fourth-order valence-electron chi connectivity index (χ4n) is 2.75. The number of nitrogens with one attached hydrogen (secondary N) is 2. The second-order valence-electron chi connectivity index (χ2n) is 6.25. The lowest BCUT2D eigenvalue weighted by Gasteiger charge is -2.13. The van der Waals surface area contributed by atoms with Crippen LogP contribution in [-0.4, -0.2) is 24.2 Å². The predicted octanol–water partition coefficient (Wildman–Crippen LogP) is 4.47. The number of aryl methyl sites for hydroxylation is 2. The maximum Gasteiger partial charge on any atom is 0.229 e. The average molecular weight is 364 g/mol. The maximum atomic E-state index is 5.42. The predicted molar refractivity (Wildman–Crippen MR) is 108 cm³/mol. The number of nitrogens with zero attached hydrogens (tertiary/aromatic N) is 2. The lowest BCUT2D eigenvalue weighted by atomic mass is 10.1. The van der Waals surface area contributed by atoms with E-state index >= 15 is 0 Å². The zero-order valence-corrected chi connectivity index (χ0v) is 16.0. The van der Waals surface area contributed by atoms with Crippen molar-refractivity contribution in [1.29, 1.82) is 0 Å². The van der Waals surface area contributed by atoms with Crippen LogP contribution in [0.5, 0.6) is 11.5 Å². The number of methoxy groups -OCH3 is 2. The minimum Gasteiger partial charge on any atom is -0.497 e. The number of hydrogen-bond donors (Lipinski definition) is 2. The molecule has 0 saturated carbocycles. The molecule has 0 amide bonds. The Balaban J connectivity index is 1.77. The molecule has 0 atom stereocenters.